The number of methoxy groups -OCH3 is 1. The predicted molar refractivity (Wildman–Crippen MR) is 103 cm³/mol. The summed E-state index contributed by atoms with van der Waals surface area (Å²) in [4.78, 5) is 24.9. The lowest BCUT2D eigenvalue weighted by atomic mass is 9.96. The van der Waals surface area contributed by atoms with Gasteiger partial charge in [-0.3, -0.25) is 4.79 Å². The third-order valence-electron chi connectivity index (χ3n) is 4.32. The smallest absolute Gasteiger partial charge is 0.410 e. The zero-order valence-electron chi connectivity index (χ0n) is 17.5. The first-order chi connectivity index (χ1) is 12.6. The van der Waals surface area contributed by atoms with Crippen molar-refractivity contribution in [2.45, 2.75) is 53.1 Å². The molecule has 1 aromatic rings. The standard InChI is InChI=1S/C17H29N3O3.C2H4O2/c1-12(2)13(3)14-11-15(18-23-14)19-7-9-20(10-8-19)16(21)22-17(4,5)6;1-4-2-3/h11-13H,7-10H2,1-6H3;2H,1H3. The Bertz CT molecular complexity index is 586. The molecule has 0 radical (unpaired) electrons. The minimum Gasteiger partial charge on any atom is -0.471 e. The molecular weight excluding hydrogens is 350 g/mol. The minimum atomic E-state index is -0.456. The van der Waals surface area contributed by atoms with Crippen LogP contribution in [0.2, 0.25) is 0 Å². The van der Waals surface area contributed by atoms with E-state index in [-0.39, 0.29) is 6.09 Å². The number of hydrogen-bond acceptors (Lipinski definition) is 7. The Balaban J connectivity index is 0.000000828. The highest BCUT2D eigenvalue weighted by atomic mass is 16.6. The summed E-state index contributed by atoms with van der Waals surface area (Å²) in [5.41, 5.74) is -0.456. The van der Waals surface area contributed by atoms with Gasteiger partial charge in [0.25, 0.3) is 6.47 Å². The van der Waals surface area contributed by atoms with Gasteiger partial charge in [-0.2, -0.15) is 0 Å². The number of hydrogen-bond donors (Lipinski definition) is 0. The molecule has 8 nitrogen and oxygen atoms in total. The van der Waals surface area contributed by atoms with E-state index in [2.05, 4.69) is 35.6 Å². The summed E-state index contributed by atoms with van der Waals surface area (Å²) in [5, 5.41) is 4.19. The summed E-state index contributed by atoms with van der Waals surface area (Å²) in [6.45, 7) is 15.3. The average molecular weight is 383 g/mol. The van der Waals surface area contributed by atoms with E-state index in [1.54, 1.807) is 4.90 Å². The van der Waals surface area contributed by atoms with Crippen molar-refractivity contribution in [1.29, 1.82) is 0 Å². The average Bonchev–Trinajstić information content (AvgIpc) is 3.09. The molecule has 27 heavy (non-hydrogen) atoms. The number of amides is 1. The summed E-state index contributed by atoms with van der Waals surface area (Å²) in [7, 11) is 1.31. The van der Waals surface area contributed by atoms with E-state index in [9.17, 15) is 4.79 Å². The molecule has 2 heterocycles. The maximum atomic E-state index is 12.1. The molecule has 0 bridgehead atoms. The predicted octanol–water partition coefficient (Wildman–Crippen LogP) is 3.28. The Kier molecular flexibility index (Phi) is 8.59. The first kappa shape index (κ1) is 22.8. The van der Waals surface area contributed by atoms with Crippen LogP contribution in [0.5, 0.6) is 0 Å². The fourth-order valence-corrected chi connectivity index (χ4v) is 2.42. The molecule has 1 aromatic heterocycles. The first-order valence-electron chi connectivity index (χ1n) is 9.25. The summed E-state index contributed by atoms with van der Waals surface area (Å²) in [6, 6.07) is 2.02. The zero-order chi connectivity index (χ0) is 20.6. The molecule has 1 aliphatic heterocycles. The lowest BCUT2D eigenvalue weighted by Gasteiger charge is -2.35. The number of rotatable bonds is 4. The van der Waals surface area contributed by atoms with Gasteiger partial charge in [0.05, 0.1) is 7.11 Å². The third-order valence-corrected chi connectivity index (χ3v) is 4.32. The molecule has 1 aliphatic rings. The highest BCUT2D eigenvalue weighted by molar-refractivity contribution is 5.68. The van der Waals surface area contributed by atoms with Gasteiger partial charge in [0.15, 0.2) is 5.82 Å². The quantitative estimate of drug-likeness (QED) is 0.738. The second-order valence-corrected chi connectivity index (χ2v) is 7.91. The summed E-state index contributed by atoms with van der Waals surface area (Å²) in [5.74, 6) is 2.64. The summed E-state index contributed by atoms with van der Waals surface area (Å²) in [6.07, 6.45) is -0.244. The van der Waals surface area contributed by atoms with Crippen LogP contribution >= 0.6 is 0 Å². The Labute approximate surface area is 161 Å². The Hall–Kier alpha value is -2.25. The van der Waals surface area contributed by atoms with Crippen molar-refractivity contribution in [3.63, 3.8) is 0 Å². The number of anilines is 1. The SMILES string of the molecule is CC(C)C(C)c1cc(N2CCN(C(=O)OC(C)(C)C)CC2)no1.COC=O. The van der Waals surface area contributed by atoms with Crippen molar-refractivity contribution >= 4 is 18.4 Å². The van der Waals surface area contributed by atoms with Crippen LogP contribution in [-0.4, -0.2) is 61.5 Å². The van der Waals surface area contributed by atoms with Crippen LogP contribution in [0, 0.1) is 5.92 Å². The van der Waals surface area contributed by atoms with Crippen LogP contribution < -0.4 is 4.90 Å². The van der Waals surface area contributed by atoms with Gasteiger partial charge in [0.2, 0.25) is 0 Å². The van der Waals surface area contributed by atoms with Crippen molar-refractivity contribution in [3.8, 4) is 0 Å². The van der Waals surface area contributed by atoms with Gasteiger partial charge >= 0.3 is 6.09 Å². The molecule has 1 fully saturated rings. The fourth-order valence-electron chi connectivity index (χ4n) is 2.42. The number of nitrogens with zero attached hydrogens (tertiary/aromatic N) is 3. The highest BCUT2D eigenvalue weighted by Gasteiger charge is 2.27. The molecule has 8 heteroatoms. The number of ether oxygens (including phenoxy) is 2. The maximum absolute atomic E-state index is 12.1. The lowest BCUT2D eigenvalue weighted by molar-refractivity contribution is -0.126. The van der Waals surface area contributed by atoms with Crippen LogP contribution in [0.1, 0.15) is 53.2 Å². The Morgan fingerprint density at radius 2 is 1.78 bits per heavy atom. The molecule has 0 aromatic carbocycles. The van der Waals surface area contributed by atoms with E-state index in [1.807, 2.05) is 26.8 Å². The normalized spacial score (nSPS) is 15.7. The fraction of sp³-hybridized carbons (Fsp3) is 0.737. The van der Waals surface area contributed by atoms with Crippen LogP contribution in [0.4, 0.5) is 10.6 Å². The van der Waals surface area contributed by atoms with E-state index in [4.69, 9.17) is 14.1 Å². The number of aromatic nitrogens is 1. The third kappa shape index (κ3) is 7.48. The first-order valence-corrected chi connectivity index (χ1v) is 9.25. The molecule has 1 saturated heterocycles. The Morgan fingerprint density at radius 3 is 2.22 bits per heavy atom. The van der Waals surface area contributed by atoms with Gasteiger partial charge in [-0.15, -0.1) is 0 Å². The van der Waals surface area contributed by atoms with Crippen LogP contribution in [0.3, 0.4) is 0 Å². The van der Waals surface area contributed by atoms with E-state index >= 15 is 0 Å². The van der Waals surface area contributed by atoms with Crippen LogP contribution in [0.25, 0.3) is 0 Å². The number of carbonyl (C=O) groups excluding carboxylic acids is 2. The number of piperazine rings is 1. The van der Waals surface area contributed by atoms with Crippen molar-refractivity contribution < 1.29 is 23.6 Å². The highest BCUT2D eigenvalue weighted by Crippen LogP contribution is 2.27. The van der Waals surface area contributed by atoms with Gasteiger partial charge < -0.3 is 23.8 Å². The maximum Gasteiger partial charge on any atom is 0.410 e. The van der Waals surface area contributed by atoms with Gasteiger partial charge in [-0.1, -0.05) is 25.9 Å². The molecule has 1 unspecified atom stereocenters. The number of carbonyl (C=O) groups is 2. The molecule has 154 valence electrons. The molecule has 1 amide bonds. The van der Waals surface area contributed by atoms with Crippen molar-refractivity contribution in [2.24, 2.45) is 5.92 Å². The largest absolute Gasteiger partial charge is 0.471 e. The topological polar surface area (TPSA) is 85.1 Å². The van der Waals surface area contributed by atoms with Gasteiger partial charge in [-0.05, 0) is 26.7 Å². The van der Waals surface area contributed by atoms with E-state index in [0.717, 1.165) is 24.7 Å². The van der Waals surface area contributed by atoms with Crippen molar-refractivity contribution in [1.82, 2.24) is 10.1 Å². The Morgan fingerprint density at radius 1 is 1.22 bits per heavy atom. The molecule has 2 rings (SSSR count). The van der Waals surface area contributed by atoms with E-state index < -0.39 is 5.60 Å². The van der Waals surface area contributed by atoms with E-state index in [1.165, 1.54) is 7.11 Å². The second-order valence-electron chi connectivity index (χ2n) is 7.91. The van der Waals surface area contributed by atoms with Gasteiger partial charge in [-0.25, -0.2) is 4.79 Å². The molecule has 0 spiro atoms. The molecule has 0 saturated carbocycles. The second kappa shape index (κ2) is 10.2. The molecular formula is C19H33N3O5. The summed E-state index contributed by atoms with van der Waals surface area (Å²) >= 11 is 0. The van der Waals surface area contributed by atoms with Crippen LogP contribution in [-0.2, 0) is 14.3 Å². The monoisotopic (exact) mass is 383 g/mol. The lowest BCUT2D eigenvalue weighted by Crippen LogP contribution is -2.50. The van der Waals surface area contributed by atoms with E-state index in [0.29, 0.717) is 31.4 Å². The summed E-state index contributed by atoms with van der Waals surface area (Å²) < 4.78 is 14.8. The molecule has 1 atom stereocenters. The zero-order valence-corrected chi connectivity index (χ0v) is 17.5. The minimum absolute atomic E-state index is 0.244. The van der Waals surface area contributed by atoms with Crippen molar-refractivity contribution in [3.05, 3.63) is 11.8 Å². The van der Waals surface area contributed by atoms with Crippen molar-refractivity contribution in [2.75, 3.05) is 38.2 Å². The molecule has 0 N–H and O–H groups in total. The van der Waals surface area contributed by atoms with Crippen LogP contribution in [0.15, 0.2) is 10.6 Å². The van der Waals surface area contributed by atoms with Gasteiger partial charge in [0, 0.05) is 38.2 Å². The molecule has 0 aliphatic carbocycles. The van der Waals surface area contributed by atoms with Gasteiger partial charge in [0.1, 0.15) is 11.4 Å².